The minimum atomic E-state index is 0.353. The molecular formula is C16H20Cl2N2. The van der Waals surface area contributed by atoms with Gasteiger partial charge in [-0.2, -0.15) is 0 Å². The van der Waals surface area contributed by atoms with Gasteiger partial charge in [-0.3, -0.25) is 0 Å². The molecule has 1 fully saturated rings. The van der Waals surface area contributed by atoms with Crippen molar-refractivity contribution in [2.24, 2.45) is 16.7 Å². The molecule has 0 bridgehead atoms. The van der Waals surface area contributed by atoms with Crippen molar-refractivity contribution < 1.29 is 0 Å². The summed E-state index contributed by atoms with van der Waals surface area (Å²) in [5, 5.41) is 0.696. The molecule has 3 rings (SSSR count). The highest BCUT2D eigenvalue weighted by Crippen LogP contribution is 2.69. The van der Waals surface area contributed by atoms with Crippen molar-refractivity contribution in [2.75, 3.05) is 0 Å². The molecular weight excluding hydrogens is 291 g/mol. The van der Waals surface area contributed by atoms with Crippen LogP contribution in [0.3, 0.4) is 0 Å². The number of hydrogen-bond acceptors (Lipinski definition) is 1. The minimum Gasteiger partial charge on any atom is -0.327 e. The Labute approximate surface area is 130 Å². The van der Waals surface area contributed by atoms with Gasteiger partial charge in [-0.05, 0) is 28.9 Å². The van der Waals surface area contributed by atoms with Crippen molar-refractivity contribution >= 4 is 34.2 Å². The number of imidazole rings is 1. The summed E-state index contributed by atoms with van der Waals surface area (Å²) in [6, 6.07) is 5.93. The Morgan fingerprint density at radius 1 is 1.20 bits per heavy atom. The SMILES string of the molecule is CC1(C)C(Cn2c(CCl)nc3c(Cl)cccc32)C1(C)C. The van der Waals surface area contributed by atoms with Gasteiger partial charge in [0.25, 0.3) is 0 Å². The lowest BCUT2D eigenvalue weighted by Crippen LogP contribution is -2.07. The van der Waals surface area contributed by atoms with Crippen LogP contribution in [-0.4, -0.2) is 9.55 Å². The lowest BCUT2D eigenvalue weighted by molar-refractivity contribution is 0.457. The van der Waals surface area contributed by atoms with E-state index in [1.165, 1.54) is 0 Å². The van der Waals surface area contributed by atoms with Gasteiger partial charge in [0.05, 0.1) is 16.4 Å². The minimum absolute atomic E-state index is 0.353. The van der Waals surface area contributed by atoms with Crippen molar-refractivity contribution in [2.45, 2.75) is 40.1 Å². The monoisotopic (exact) mass is 310 g/mol. The van der Waals surface area contributed by atoms with Crippen LogP contribution in [0.15, 0.2) is 18.2 Å². The van der Waals surface area contributed by atoms with Crippen LogP contribution in [0.2, 0.25) is 5.02 Å². The van der Waals surface area contributed by atoms with Gasteiger partial charge in [-0.15, -0.1) is 11.6 Å². The number of hydrogen-bond donors (Lipinski definition) is 0. The molecule has 1 aromatic heterocycles. The van der Waals surface area contributed by atoms with Crippen molar-refractivity contribution in [1.82, 2.24) is 9.55 Å². The Bertz CT molecular complexity index is 656. The van der Waals surface area contributed by atoms with E-state index >= 15 is 0 Å². The zero-order valence-corrected chi connectivity index (χ0v) is 13.9. The zero-order chi connectivity index (χ0) is 14.7. The molecule has 0 unspecified atom stereocenters. The summed E-state index contributed by atoms with van der Waals surface area (Å²) in [6.45, 7) is 10.3. The molecule has 1 aliphatic carbocycles. The molecule has 1 aromatic carbocycles. The second-order valence-electron chi connectivity index (χ2n) is 6.88. The van der Waals surface area contributed by atoms with E-state index in [-0.39, 0.29) is 0 Å². The van der Waals surface area contributed by atoms with E-state index in [0.717, 1.165) is 23.4 Å². The van der Waals surface area contributed by atoms with E-state index in [0.29, 0.717) is 27.7 Å². The molecule has 1 aliphatic rings. The molecule has 108 valence electrons. The first-order valence-electron chi connectivity index (χ1n) is 7.00. The molecule has 0 radical (unpaired) electrons. The normalized spacial score (nSPS) is 20.5. The van der Waals surface area contributed by atoms with Crippen molar-refractivity contribution in [3.05, 3.63) is 29.0 Å². The third-order valence-corrected chi connectivity index (χ3v) is 6.16. The van der Waals surface area contributed by atoms with Gasteiger partial charge < -0.3 is 4.57 Å². The Morgan fingerprint density at radius 3 is 2.40 bits per heavy atom. The average Bonchev–Trinajstić information content (AvgIpc) is 2.71. The van der Waals surface area contributed by atoms with E-state index in [2.05, 4.69) is 43.3 Å². The van der Waals surface area contributed by atoms with Crippen LogP contribution in [-0.2, 0) is 12.4 Å². The molecule has 0 amide bonds. The van der Waals surface area contributed by atoms with E-state index in [1.807, 2.05) is 12.1 Å². The maximum absolute atomic E-state index is 6.24. The number of halogens is 2. The molecule has 2 aromatic rings. The van der Waals surface area contributed by atoms with Crippen molar-refractivity contribution in [1.29, 1.82) is 0 Å². The maximum Gasteiger partial charge on any atom is 0.124 e. The lowest BCUT2D eigenvalue weighted by atomic mass is 10.0. The first-order valence-corrected chi connectivity index (χ1v) is 7.91. The van der Waals surface area contributed by atoms with E-state index in [9.17, 15) is 0 Å². The Hall–Kier alpha value is -0.730. The van der Waals surface area contributed by atoms with Gasteiger partial charge in [0.1, 0.15) is 11.3 Å². The standard InChI is InChI=1S/C16H20Cl2N2/c1-15(2)12(16(15,3)4)9-20-11-7-5-6-10(18)14(11)19-13(20)8-17/h5-7,12H,8-9H2,1-4H3. The van der Waals surface area contributed by atoms with Gasteiger partial charge in [-0.25, -0.2) is 4.98 Å². The summed E-state index contributed by atoms with van der Waals surface area (Å²) in [4.78, 5) is 4.61. The fraction of sp³-hybridized carbons (Fsp3) is 0.562. The molecule has 0 saturated heterocycles. The number of fused-ring (bicyclic) bond motifs is 1. The summed E-state index contributed by atoms with van der Waals surface area (Å²) in [5.74, 6) is 1.96. The Kier molecular flexibility index (Phi) is 3.11. The predicted octanol–water partition coefficient (Wildman–Crippen LogP) is 5.11. The van der Waals surface area contributed by atoms with Crippen LogP contribution in [0.4, 0.5) is 0 Å². The Morgan fingerprint density at radius 2 is 1.85 bits per heavy atom. The molecule has 0 aliphatic heterocycles. The van der Waals surface area contributed by atoms with Gasteiger partial charge in [0.15, 0.2) is 0 Å². The topological polar surface area (TPSA) is 17.8 Å². The fourth-order valence-electron chi connectivity index (χ4n) is 3.44. The Balaban J connectivity index is 2.06. The summed E-state index contributed by atoms with van der Waals surface area (Å²) >= 11 is 12.3. The van der Waals surface area contributed by atoms with Gasteiger partial charge in [0.2, 0.25) is 0 Å². The van der Waals surface area contributed by atoms with Gasteiger partial charge in [0, 0.05) is 6.54 Å². The summed E-state index contributed by atoms with van der Waals surface area (Å²) in [6.07, 6.45) is 0. The van der Waals surface area contributed by atoms with E-state index in [4.69, 9.17) is 23.2 Å². The number of aromatic nitrogens is 2. The molecule has 0 spiro atoms. The number of rotatable bonds is 3. The smallest absolute Gasteiger partial charge is 0.124 e. The second kappa shape index (κ2) is 4.38. The van der Waals surface area contributed by atoms with E-state index in [1.54, 1.807) is 0 Å². The van der Waals surface area contributed by atoms with Crippen LogP contribution >= 0.6 is 23.2 Å². The van der Waals surface area contributed by atoms with Gasteiger partial charge >= 0.3 is 0 Å². The van der Waals surface area contributed by atoms with Crippen LogP contribution in [0, 0.1) is 16.7 Å². The molecule has 0 atom stereocenters. The third kappa shape index (κ3) is 1.81. The molecule has 2 nitrogen and oxygen atoms in total. The number of nitrogens with zero attached hydrogens (tertiary/aromatic N) is 2. The average molecular weight is 311 g/mol. The lowest BCUT2D eigenvalue weighted by Gasteiger charge is -2.09. The van der Waals surface area contributed by atoms with Crippen molar-refractivity contribution in [3.8, 4) is 0 Å². The first kappa shape index (κ1) is 14.2. The van der Waals surface area contributed by atoms with Crippen LogP contribution in [0.5, 0.6) is 0 Å². The largest absolute Gasteiger partial charge is 0.327 e. The van der Waals surface area contributed by atoms with Crippen LogP contribution in [0.1, 0.15) is 33.5 Å². The zero-order valence-electron chi connectivity index (χ0n) is 12.4. The molecule has 20 heavy (non-hydrogen) atoms. The highest BCUT2D eigenvalue weighted by atomic mass is 35.5. The predicted molar refractivity (Wildman–Crippen MR) is 85.4 cm³/mol. The highest BCUT2D eigenvalue weighted by molar-refractivity contribution is 6.35. The summed E-state index contributed by atoms with van der Waals surface area (Å²) < 4.78 is 2.25. The quantitative estimate of drug-likeness (QED) is 0.720. The first-order chi connectivity index (χ1) is 9.30. The van der Waals surface area contributed by atoms with Crippen LogP contribution < -0.4 is 0 Å². The van der Waals surface area contributed by atoms with Gasteiger partial charge in [-0.1, -0.05) is 45.4 Å². The third-order valence-electron chi connectivity index (χ3n) is 5.61. The highest BCUT2D eigenvalue weighted by Gasteiger charge is 2.64. The van der Waals surface area contributed by atoms with E-state index < -0.39 is 0 Å². The van der Waals surface area contributed by atoms with Crippen molar-refractivity contribution in [3.63, 3.8) is 0 Å². The maximum atomic E-state index is 6.24. The number of alkyl halides is 1. The number of para-hydroxylation sites is 1. The fourth-order valence-corrected chi connectivity index (χ4v) is 3.85. The molecule has 0 N–H and O–H groups in total. The molecule has 4 heteroatoms. The van der Waals surface area contributed by atoms with Crippen LogP contribution in [0.25, 0.3) is 11.0 Å². The summed E-state index contributed by atoms with van der Waals surface area (Å²) in [5.41, 5.74) is 2.66. The molecule has 1 saturated carbocycles. The molecule has 1 heterocycles. The number of benzene rings is 1. The second-order valence-corrected chi connectivity index (χ2v) is 7.55. The summed E-state index contributed by atoms with van der Waals surface area (Å²) in [7, 11) is 0.